The first kappa shape index (κ1) is 12.5. The SMILES string of the molecule is C[C@@H]1CNC[C@H]1C(=O)Nc1ccc(F)c(Br)c1. The van der Waals surface area contributed by atoms with E-state index < -0.39 is 0 Å². The topological polar surface area (TPSA) is 41.1 Å². The summed E-state index contributed by atoms with van der Waals surface area (Å²) in [6.07, 6.45) is 0. The van der Waals surface area contributed by atoms with E-state index >= 15 is 0 Å². The molecule has 0 spiro atoms. The molecule has 1 aliphatic heterocycles. The van der Waals surface area contributed by atoms with Crippen LogP contribution in [0.2, 0.25) is 0 Å². The van der Waals surface area contributed by atoms with Crippen molar-refractivity contribution < 1.29 is 9.18 Å². The van der Waals surface area contributed by atoms with Crippen molar-refractivity contribution in [2.45, 2.75) is 6.92 Å². The van der Waals surface area contributed by atoms with Crippen molar-refractivity contribution >= 4 is 27.5 Å². The molecule has 17 heavy (non-hydrogen) atoms. The maximum Gasteiger partial charge on any atom is 0.229 e. The molecule has 2 rings (SSSR count). The van der Waals surface area contributed by atoms with Crippen molar-refractivity contribution in [2.24, 2.45) is 11.8 Å². The average molecular weight is 301 g/mol. The molecule has 92 valence electrons. The zero-order valence-corrected chi connectivity index (χ0v) is 11.1. The zero-order chi connectivity index (χ0) is 12.4. The van der Waals surface area contributed by atoms with Crippen molar-refractivity contribution in [3.8, 4) is 0 Å². The van der Waals surface area contributed by atoms with Crippen LogP contribution in [-0.4, -0.2) is 19.0 Å². The Morgan fingerprint density at radius 2 is 2.29 bits per heavy atom. The van der Waals surface area contributed by atoms with Crippen molar-refractivity contribution in [2.75, 3.05) is 18.4 Å². The normalized spacial score (nSPS) is 23.7. The summed E-state index contributed by atoms with van der Waals surface area (Å²) in [6.45, 7) is 3.62. The number of carbonyl (C=O) groups excluding carboxylic acids is 1. The highest BCUT2D eigenvalue weighted by atomic mass is 79.9. The van der Waals surface area contributed by atoms with Gasteiger partial charge in [0.25, 0.3) is 0 Å². The maximum atomic E-state index is 13.0. The standard InChI is InChI=1S/C12H14BrFN2O/c1-7-5-15-6-9(7)12(17)16-8-2-3-11(14)10(13)4-8/h2-4,7,9,15H,5-6H2,1H3,(H,16,17)/t7-,9-/m1/s1. The number of benzene rings is 1. The van der Waals surface area contributed by atoms with Crippen LogP contribution in [0.1, 0.15) is 6.92 Å². The number of rotatable bonds is 2. The average Bonchev–Trinajstić information content (AvgIpc) is 2.70. The molecule has 0 radical (unpaired) electrons. The largest absolute Gasteiger partial charge is 0.326 e. The second kappa shape index (κ2) is 5.14. The van der Waals surface area contributed by atoms with Gasteiger partial charge < -0.3 is 10.6 Å². The molecule has 1 saturated heterocycles. The monoisotopic (exact) mass is 300 g/mol. The van der Waals surface area contributed by atoms with E-state index in [1.54, 1.807) is 12.1 Å². The van der Waals surface area contributed by atoms with E-state index in [1.165, 1.54) is 6.07 Å². The molecule has 0 bridgehead atoms. The summed E-state index contributed by atoms with van der Waals surface area (Å²) in [7, 11) is 0. The molecule has 1 aliphatic rings. The molecule has 0 aromatic heterocycles. The number of carbonyl (C=O) groups is 1. The molecular formula is C12H14BrFN2O. The number of halogens is 2. The van der Waals surface area contributed by atoms with Crippen LogP contribution in [0.4, 0.5) is 10.1 Å². The Labute approximate surface area is 108 Å². The molecule has 1 heterocycles. The van der Waals surface area contributed by atoms with Crippen molar-refractivity contribution in [3.63, 3.8) is 0 Å². The fraction of sp³-hybridized carbons (Fsp3) is 0.417. The Bertz CT molecular complexity index is 439. The van der Waals surface area contributed by atoms with Crippen molar-refractivity contribution in [3.05, 3.63) is 28.5 Å². The summed E-state index contributed by atoms with van der Waals surface area (Å²) < 4.78 is 13.4. The predicted molar refractivity (Wildman–Crippen MR) is 68.3 cm³/mol. The van der Waals surface area contributed by atoms with Gasteiger partial charge in [0.15, 0.2) is 0 Å². The van der Waals surface area contributed by atoms with Gasteiger partial charge in [0, 0.05) is 12.2 Å². The molecule has 3 nitrogen and oxygen atoms in total. The predicted octanol–water partition coefficient (Wildman–Crippen LogP) is 2.38. The van der Waals surface area contributed by atoms with Crippen LogP contribution in [0.5, 0.6) is 0 Å². The molecule has 2 atom stereocenters. The summed E-state index contributed by atoms with van der Waals surface area (Å²) in [5.74, 6) is -0.0300. The number of nitrogens with one attached hydrogen (secondary N) is 2. The summed E-state index contributed by atoms with van der Waals surface area (Å²) in [6, 6.07) is 4.46. The number of hydrogen-bond donors (Lipinski definition) is 2. The lowest BCUT2D eigenvalue weighted by molar-refractivity contribution is -0.120. The molecule has 0 aliphatic carbocycles. The van der Waals surface area contributed by atoms with Gasteiger partial charge in [-0.3, -0.25) is 4.79 Å². The third kappa shape index (κ3) is 2.84. The van der Waals surface area contributed by atoms with Gasteiger partial charge in [0.1, 0.15) is 5.82 Å². The van der Waals surface area contributed by atoms with E-state index in [1.807, 2.05) is 6.92 Å². The van der Waals surface area contributed by atoms with Gasteiger partial charge in [-0.05, 0) is 46.6 Å². The van der Waals surface area contributed by atoms with Crippen LogP contribution in [0.25, 0.3) is 0 Å². The highest BCUT2D eigenvalue weighted by Crippen LogP contribution is 2.22. The van der Waals surface area contributed by atoms with E-state index in [-0.39, 0.29) is 17.6 Å². The molecule has 0 unspecified atom stereocenters. The number of hydrogen-bond acceptors (Lipinski definition) is 2. The first-order chi connectivity index (χ1) is 8.08. The van der Waals surface area contributed by atoms with E-state index in [2.05, 4.69) is 26.6 Å². The fourth-order valence-corrected chi connectivity index (χ4v) is 2.35. The van der Waals surface area contributed by atoms with Gasteiger partial charge in [-0.25, -0.2) is 4.39 Å². The van der Waals surface area contributed by atoms with Crippen LogP contribution in [0.3, 0.4) is 0 Å². The fourth-order valence-electron chi connectivity index (χ4n) is 1.97. The lowest BCUT2D eigenvalue weighted by atomic mass is 9.97. The van der Waals surface area contributed by atoms with Gasteiger partial charge in [-0.2, -0.15) is 0 Å². The molecule has 1 amide bonds. The van der Waals surface area contributed by atoms with Gasteiger partial charge in [0.2, 0.25) is 5.91 Å². The highest BCUT2D eigenvalue weighted by molar-refractivity contribution is 9.10. The number of anilines is 1. The highest BCUT2D eigenvalue weighted by Gasteiger charge is 2.29. The van der Waals surface area contributed by atoms with Crippen LogP contribution in [-0.2, 0) is 4.79 Å². The molecule has 5 heteroatoms. The first-order valence-corrected chi connectivity index (χ1v) is 6.34. The Kier molecular flexibility index (Phi) is 3.79. The van der Waals surface area contributed by atoms with E-state index in [4.69, 9.17) is 0 Å². The molecule has 0 saturated carbocycles. The third-order valence-corrected chi connectivity index (χ3v) is 3.65. The molecule has 1 fully saturated rings. The summed E-state index contributed by atoms with van der Waals surface area (Å²) in [5.41, 5.74) is 0.613. The Balaban J connectivity index is 2.05. The minimum absolute atomic E-state index is 0.0130. The molecular weight excluding hydrogens is 287 g/mol. The van der Waals surface area contributed by atoms with Crippen molar-refractivity contribution in [1.29, 1.82) is 0 Å². The van der Waals surface area contributed by atoms with Gasteiger partial charge in [-0.15, -0.1) is 0 Å². The minimum atomic E-state index is -0.334. The summed E-state index contributed by atoms with van der Waals surface area (Å²) in [5, 5.41) is 5.99. The smallest absolute Gasteiger partial charge is 0.229 e. The van der Waals surface area contributed by atoms with Crippen LogP contribution in [0, 0.1) is 17.7 Å². The van der Waals surface area contributed by atoms with E-state index in [9.17, 15) is 9.18 Å². The minimum Gasteiger partial charge on any atom is -0.326 e. The lowest BCUT2D eigenvalue weighted by Gasteiger charge is -2.14. The van der Waals surface area contributed by atoms with Crippen LogP contribution < -0.4 is 10.6 Å². The summed E-state index contributed by atoms with van der Waals surface area (Å²) >= 11 is 3.09. The Morgan fingerprint density at radius 1 is 1.53 bits per heavy atom. The van der Waals surface area contributed by atoms with Crippen LogP contribution >= 0.6 is 15.9 Å². The summed E-state index contributed by atoms with van der Waals surface area (Å²) in [4.78, 5) is 12.0. The van der Waals surface area contributed by atoms with Gasteiger partial charge >= 0.3 is 0 Å². The quantitative estimate of drug-likeness (QED) is 0.880. The third-order valence-electron chi connectivity index (χ3n) is 3.04. The van der Waals surface area contributed by atoms with Gasteiger partial charge in [0.05, 0.1) is 10.4 Å². The number of amides is 1. The van der Waals surface area contributed by atoms with Crippen LogP contribution in [0.15, 0.2) is 22.7 Å². The lowest BCUT2D eigenvalue weighted by Crippen LogP contribution is -2.27. The van der Waals surface area contributed by atoms with Gasteiger partial charge in [-0.1, -0.05) is 6.92 Å². The first-order valence-electron chi connectivity index (χ1n) is 5.54. The molecule has 1 aromatic rings. The Morgan fingerprint density at radius 3 is 2.88 bits per heavy atom. The van der Waals surface area contributed by atoms with E-state index in [0.29, 0.717) is 22.6 Å². The van der Waals surface area contributed by atoms with E-state index in [0.717, 1.165) is 6.54 Å². The second-order valence-corrected chi connectivity index (χ2v) is 5.21. The molecule has 1 aromatic carbocycles. The second-order valence-electron chi connectivity index (χ2n) is 4.36. The maximum absolute atomic E-state index is 13.0. The Hall–Kier alpha value is -0.940. The molecule has 2 N–H and O–H groups in total. The zero-order valence-electron chi connectivity index (χ0n) is 9.47. The van der Waals surface area contributed by atoms with Crippen molar-refractivity contribution in [1.82, 2.24) is 5.32 Å².